The zero-order valence-electron chi connectivity index (χ0n) is 21.1. The van der Waals surface area contributed by atoms with E-state index in [-0.39, 0.29) is 18.2 Å². The third kappa shape index (κ3) is 7.06. The lowest BCUT2D eigenvalue weighted by atomic mass is 9.83. The molecule has 0 bridgehead atoms. The Bertz CT molecular complexity index is 854. The Hall–Kier alpha value is -2.38. The lowest BCUT2D eigenvalue weighted by molar-refractivity contribution is -0.551. The quantitative estimate of drug-likeness (QED) is 0.285. The Labute approximate surface area is 204 Å². The van der Waals surface area contributed by atoms with Gasteiger partial charge in [0.1, 0.15) is 6.04 Å². The Morgan fingerprint density at radius 3 is 2.47 bits per heavy atom. The molecule has 0 radical (unpaired) electrons. The van der Waals surface area contributed by atoms with Gasteiger partial charge in [0.15, 0.2) is 5.03 Å². The van der Waals surface area contributed by atoms with Gasteiger partial charge in [-0.25, -0.2) is 10.1 Å². The molecule has 1 saturated carbocycles. The molecule has 3 rings (SSSR count). The molecule has 1 heterocycles. The number of allylic oxidation sites excluding steroid dienone is 3. The summed E-state index contributed by atoms with van der Waals surface area (Å²) in [6.07, 6.45) is 9.95. The predicted molar refractivity (Wildman–Crippen MR) is 135 cm³/mol. The molecule has 34 heavy (non-hydrogen) atoms. The van der Waals surface area contributed by atoms with Crippen LogP contribution >= 0.6 is 0 Å². The summed E-state index contributed by atoms with van der Waals surface area (Å²) in [4.78, 5) is 13.5. The van der Waals surface area contributed by atoms with Crippen LogP contribution in [0, 0.1) is 10.1 Å². The second-order valence-electron chi connectivity index (χ2n) is 10.2. The smallest absolute Gasteiger partial charge is 0.157 e. The van der Waals surface area contributed by atoms with Crippen molar-refractivity contribution in [2.45, 2.75) is 95.9 Å². The highest BCUT2D eigenvalue weighted by atomic mass is 16.7. The molecule has 2 atom stereocenters. The number of nitrogens with one attached hydrogen (secondary N) is 1. The summed E-state index contributed by atoms with van der Waals surface area (Å²) in [5.74, 6) is 0.591. The SMILES string of the molecule is CC/C(=C\C=C(/C)C(C)(C)O)N1CCC(N[N+](=O)[O-])C1COC1CCC(c2ccccc2)CC1. The van der Waals surface area contributed by atoms with Crippen LogP contribution < -0.4 is 5.43 Å². The molecule has 1 aromatic carbocycles. The van der Waals surface area contributed by atoms with Gasteiger partial charge in [-0.15, -0.1) is 5.43 Å². The predicted octanol–water partition coefficient (Wildman–Crippen LogP) is 4.96. The molecule has 1 saturated heterocycles. The summed E-state index contributed by atoms with van der Waals surface area (Å²) in [5, 5.41) is 21.0. The van der Waals surface area contributed by atoms with Crippen molar-refractivity contribution in [3.63, 3.8) is 0 Å². The van der Waals surface area contributed by atoms with Crippen LogP contribution in [0.4, 0.5) is 0 Å². The maximum Gasteiger partial charge on any atom is 0.157 e. The second-order valence-corrected chi connectivity index (χ2v) is 10.2. The number of nitro groups is 1. The average molecular weight is 472 g/mol. The van der Waals surface area contributed by atoms with Crippen molar-refractivity contribution in [3.05, 3.63) is 69.4 Å². The number of ether oxygens (including phenoxy) is 1. The van der Waals surface area contributed by atoms with Gasteiger partial charge in [-0.3, -0.25) is 0 Å². The van der Waals surface area contributed by atoms with Gasteiger partial charge in [0.05, 0.1) is 24.4 Å². The summed E-state index contributed by atoms with van der Waals surface area (Å²) < 4.78 is 6.38. The van der Waals surface area contributed by atoms with Crippen molar-refractivity contribution in [2.24, 2.45) is 0 Å². The summed E-state index contributed by atoms with van der Waals surface area (Å²) in [7, 11) is 0. The fraction of sp³-hybridized carbons (Fsp3) is 0.630. The van der Waals surface area contributed by atoms with E-state index in [2.05, 4.69) is 47.6 Å². The Morgan fingerprint density at radius 2 is 1.88 bits per heavy atom. The topological polar surface area (TPSA) is 87.9 Å². The van der Waals surface area contributed by atoms with Gasteiger partial charge in [-0.1, -0.05) is 43.3 Å². The maximum absolute atomic E-state index is 11.2. The first kappa shape index (κ1) is 26.2. The number of nitrogens with zero attached hydrogens (tertiary/aromatic N) is 2. The lowest BCUT2D eigenvalue weighted by Gasteiger charge is -2.34. The van der Waals surface area contributed by atoms with Gasteiger partial charge in [0.25, 0.3) is 0 Å². The number of hydrazine groups is 1. The molecule has 188 valence electrons. The van der Waals surface area contributed by atoms with E-state index in [0.29, 0.717) is 18.9 Å². The summed E-state index contributed by atoms with van der Waals surface area (Å²) in [6.45, 7) is 8.77. The molecule has 2 fully saturated rings. The third-order valence-electron chi connectivity index (χ3n) is 7.49. The minimum atomic E-state index is -0.878. The van der Waals surface area contributed by atoms with Gasteiger partial charge >= 0.3 is 0 Å². The van der Waals surface area contributed by atoms with Crippen LogP contribution in [0.25, 0.3) is 0 Å². The molecule has 2 N–H and O–H groups in total. The number of aliphatic hydroxyl groups is 1. The van der Waals surface area contributed by atoms with Crippen LogP contribution in [-0.4, -0.2) is 52.0 Å². The van der Waals surface area contributed by atoms with Crippen molar-refractivity contribution >= 4 is 0 Å². The monoisotopic (exact) mass is 471 g/mol. The molecule has 1 aromatic rings. The molecule has 2 aliphatic rings. The van der Waals surface area contributed by atoms with E-state index >= 15 is 0 Å². The van der Waals surface area contributed by atoms with Crippen LogP contribution in [0.5, 0.6) is 0 Å². The average Bonchev–Trinajstić information content (AvgIpc) is 3.19. The van der Waals surface area contributed by atoms with Crippen molar-refractivity contribution in [1.82, 2.24) is 10.3 Å². The highest BCUT2D eigenvalue weighted by Gasteiger charge is 2.38. The second kappa shape index (κ2) is 11.8. The minimum Gasteiger partial charge on any atom is -0.386 e. The van der Waals surface area contributed by atoms with Crippen molar-refractivity contribution in [3.8, 4) is 0 Å². The van der Waals surface area contributed by atoms with E-state index in [1.165, 1.54) is 5.56 Å². The zero-order valence-corrected chi connectivity index (χ0v) is 21.1. The first-order chi connectivity index (χ1) is 16.2. The molecule has 7 nitrogen and oxygen atoms in total. The van der Waals surface area contributed by atoms with E-state index in [0.717, 1.165) is 49.9 Å². The number of hydrogen-bond donors (Lipinski definition) is 2. The number of likely N-dealkylation sites (tertiary alicyclic amines) is 1. The first-order valence-corrected chi connectivity index (χ1v) is 12.6. The van der Waals surface area contributed by atoms with Crippen LogP contribution in [-0.2, 0) is 4.74 Å². The minimum absolute atomic E-state index is 0.0979. The molecule has 2 unspecified atom stereocenters. The van der Waals surface area contributed by atoms with Crippen LogP contribution in [0.1, 0.15) is 77.7 Å². The first-order valence-electron chi connectivity index (χ1n) is 12.6. The Balaban J connectivity index is 1.65. The Morgan fingerprint density at radius 1 is 1.21 bits per heavy atom. The highest BCUT2D eigenvalue weighted by molar-refractivity contribution is 5.22. The van der Waals surface area contributed by atoms with E-state index in [4.69, 9.17) is 4.74 Å². The largest absolute Gasteiger partial charge is 0.386 e. The fourth-order valence-electron chi connectivity index (χ4n) is 5.07. The Kier molecular flexibility index (Phi) is 9.14. The van der Waals surface area contributed by atoms with Gasteiger partial charge in [-0.05, 0) is 82.4 Å². The highest BCUT2D eigenvalue weighted by Crippen LogP contribution is 2.34. The molecule has 1 aliphatic heterocycles. The lowest BCUT2D eigenvalue weighted by Crippen LogP contribution is -2.47. The normalized spacial score (nSPS) is 26.6. The van der Waals surface area contributed by atoms with Crippen molar-refractivity contribution in [2.75, 3.05) is 13.2 Å². The summed E-state index contributed by atoms with van der Waals surface area (Å²) in [5.41, 5.74) is 5.04. The van der Waals surface area contributed by atoms with Crippen molar-refractivity contribution < 1.29 is 14.9 Å². The standard InChI is InChI=1S/C27H41N3O4/c1-5-23(14-11-20(2)27(3,4)31)29-18-17-25(28-30(32)33)26(29)19-34-24-15-12-22(13-16-24)21-9-7-6-8-10-21/h6-11,14,22,24-26,28,31H,5,12-13,15-19H2,1-4H3/b20-11+,23-14+. The molecule has 0 aromatic heterocycles. The van der Waals surface area contributed by atoms with E-state index < -0.39 is 10.6 Å². The third-order valence-corrected chi connectivity index (χ3v) is 7.49. The van der Waals surface area contributed by atoms with Crippen LogP contribution in [0.15, 0.2) is 53.8 Å². The molecular weight excluding hydrogens is 430 g/mol. The van der Waals surface area contributed by atoms with Gasteiger partial charge in [-0.2, -0.15) is 0 Å². The fourth-order valence-corrected chi connectivity index (χ4v) is 5.07. The maximum atomic E-state index is 11.2. The molecule has 0 spiro atoms. The summed E-state index contributed by atoms with van der Waals surface area (Å²) >= 11 is 0. The van der Waals surface area contributed by atoms with E-state index in [9.17, 15) is 15.2 Å². The summed E-state index contributed by atoms with van der Waals surface area (Å²) in [6, 6.07) is 10.3. The van der Waals surface area contributed by atoms with Gasteiger partial charge in [0.2, 0.25) is 0 Å². The van der Waals surface area contributed by atoms with E-state index in [1.54, 1.807) is 13.8 Å². The molecule has 1 aliphatic carbocycles. The number of rotatable bonds is 10. The van der Waals surface area contributed by atoms with Gasteiger partial charge < -0.3 is 14.7 Å². The molecule has 0 amide bonds. The van der Waals surface area contributed by atoms with Crippen LogP contribution in [0.3, 0.4) is 0 Å². The van der Waals surface area contributed by atoms with Crippen molar-refractivity contribution in [1.29, 1.82) is 0 Å². The number of benzene rings is 1. The zero-order chi connectivity index (χ0) is 24.7. The van der Waals surface area contributed by atoms with E-state index in [1.807, 2.05) is 19.1 Å². The van der Waals surface area contributed by atoms with Crippen LogP contribution in [0.2, 0.25) is 0 Å². The molecule has 7 heteroatoms. The molecular formula is C27H41N3O4. The number of hydrogen-bond acceptors (Lipinski definition) is 5. The van der Waals surface area contributed by atoms with Gasteiger partial charge in [0, 0.05) is 12.2 Å².